The molecule has 0 spiro atoms. The van der Waals surface area contributed by atoms with Crippen molar-refractivity contribution < 1.29 is 53.1 Å². The second-order valence-electron chi connectivity index (χ2n) is 14.4. The quantitative estimate of drug-likeness (QED) is 0.155. The van der Waals surface area contributed by atoms with Crippen molar-refractivity contribution in [2.24, 2.45) is 10.8 Å². The Bertz CT molecular complexity index is 1820. The van der Waals surface area contributed by atoms with Crippen molar-refractivity contribution in [1.82, 2.24) is 9.97 Å². The number of nitrogens with zero attached hydrogens (tertiary/aromatic N) is 2. The first-order valence-electron chi connectivity index (χ1n) is 18.2. The predicted octanol–water partition coefficient (Wildman–Crippen LogP) is 5.87. The van der Waals surface area contributed by atoms with Gasteiger partial charge >= 0.3 is 11.9 Å². The molecule has 0 saturated carbocycles. The normalized spacial score (nSPS) is 26.1. The molecule has 4 bridgehead atoms. The molecule has 2 aromatic heterocycles. The van der Waals surface area contributed by atoms with Gasteiger partial charge in [0.25, 0.3) is 0 Å². The van der Waals surface area contributed by atoms with E-state index >= 15 is 0 Å². The van der Waals surface area contributed by atoms with E-state index in [9.17, 15) is 30.0 Å². The van der Waals surface area contributed by atoms with Gasteiger partial charge < -0.3 is 43.5 Å². The maximum absolute atomic E-state index is 13.2. The van der Waals surface area contributed by atoms with Gasteiger partial charge in [-0.15, -0.1) is 0 Å². The Hall–Kier alpha value is -4.92. The topological polar surface area (TPSA) is 198 Å². The number of esters is 2. The van der Waals surface area contributed by atoms with Crippen molar-refractivity contribution in [2.75, 3.05) is 0 Å². The highest BCUT2D eigenvalue weighted by Crippen LogP contribution is 2.34. The fourth-order valence-corrected chi connectivity index (χ4v) is 5.52. The highest BCUT2D eigenvalue weighted by Gasteiger charge is 2.40. The summed E-state index contributed by atoms with van der Waals surface area (Å²) in [6.45, 7) is 10.7. The summed E-state index contributed by atoms with van der Waals surface area (Å²) in [6, 6.07) is 0. The molecule has 4 heterocycles. The lowest BCUT2D eigenvalue weighted by molar-refractivity contribution is -0.0462. The van der Waals surface area contributed by atoms with Crippen molar-refractivity contribution in [3.8, 4) is 0 Å². The van der Waals surface area contributed by atoms with Gasteiger partial charge in [-0.2, -0.15) is 0 Å². The minimum absolute atomic E-state index is 0.0654. The second kappa shape index (κ2) is 19.6. The first kappa shape index (κ1) is 42.8. The zero-order valence-electron chi connectivity index (χ0n) is 32.0. The number of fused-ring (bicyclic) bond motifs is 5. The van der Waals surface area contributed by atoms with Crippen LogP contribution in [-0.4, -0.2) is 91.2 Å². The molecule has 0 radical (unpaired) electrons. The fourth-order valence-electron chi connectivity index (χ4n) is 5.52. The Morgan fingerprint density at radius 1 is 0.673 bits per heavy atom. The maximum atomic E-state index is 13.2. The summed E-state index contributed by atoms with van der Waals surface area (Å²) in [5.74, 6) is -1.22. The predicted molar refractivity (Wildman–Crippen MR) is 205 cm³/mol. The third kappa shape index (κ3) is 12.0. The van der Waals surface area contributed by atoms with Crippen LogP contribution in [0.1, 0.15) is 87.1 Å². The second-order valence-corrected chi connectivity index (χ2v) is 14.4. The highest BCUT2D eigenvalue weighted by atomic mass is 16.6. The molecule has 0 amide bonds. The van der Waals surface area contributed by atoms with Crippen molar-refractivity contribution >= 4 is 24.1 Å². The number of oxazole rings is 2. The number of epoxide rings is 1. The summed E-state index contributed by atoms with van der Waals surface area (Å²) in [7, 11) is 0. The van der Waals surface area contributed by atoms with E-state index in [0.717, 1.165) is 0 Å². The molecule has 0 aromatic carbocycles. The first-order chi connectivity index (χ1) is 26.2. The van der Waals surface area contributed by atoms with Crippen LogP contribution < -0.4 is 0 Å². The van der Waals surface area contributed by atoms with Gasteiger partial charge in [-0.1, -0.05) is 113 Å². The van der Waals surface area contributed by atoms with Gasteiger partial charge in [-0.3, -0.25) is 0 Å². The molecular weight excluding hydrogens is 708 g/mol. The molecular formula is C42H52N2O11. The standard InChI is InChI=1S/C42H52N2O11/c1-7-15-33(47)41(3,4)35-21-13-18-30(46)29(45)17-9-11-23-37-43-28(25-51-37)40(50)55-36(42(5,6)34(48)16-8-2)22-14-20-32-31(53-32)19-10-12-24-38-44-27(26-52-38)39(49)54-35/h7-20,23-26,29-36,45-48H,21-22H2,1-6H3. The summed E-state index contributed by atoms with van der Waals surface area (Å²) in [5, 5.41) is 42.9. The number of ether oxygens (including phenoxy) is 3. The Balaban J connectivity index is 1.59. The van der Waals surface area contributed by atoms with E-state index in [-0.39, 0.29) is 48.2 Å². The van der Waals surface area contributed by atoms with Crippen LogP contribution in [0.2, 0.25) is 0 Å². The molecule has 4 rings (SSSR count). The van der Waals surface area contributed by atoms with Crippen molar-refractivity contribution in [1.29, 1.82) is 0 Å². The van der Waals surface area contributed by atoms with Gasteiger partial charge in [0.05, 0.1) is 12.2 Å². The Labute approximate surface area is 321 Å². The van der Waals surface area contributed by atoms with E-state index in [0.29, 0.717) is 0 Å². The van der Waals surface area contributed by atoms with Gasteiger partial charge in [-0.25, -0.2) is 19.6 Å². The fraction of sp³-hybridized carbons (Fsp3) is 0.429. The largest absolute Gasteiger partial charge is 0.457 e. The zero-order chi connectivity index (χ0) is 40.2. The van der Waals surface area contributed by atoms with Crippen LogP contribution in [0.4, 0.5) is 0 Å². The molecule has 13 heteroatoms. The van der Waals surface area contributed by atoms with E-state index in [4.69, 9.17) is 23.0 Å². The Morgan fingerprint density at radius 2 is 1.11 bits per heavy atom. The molecule has 1 fully saturated rings. The van der Waals surface area contributed by atoms with E-state index in [1.54, 1.807) is 90.2 Å². The van der Waals surface area contributed by atoms with Crippen molar-refractivity contribution in [2.45, 2.75) is 103 Å². The molecule has 2 aliphatic rings. The number of aliphatic hydroxyl groups is 4. The van der Waals surface area contributed by atoms with Gasteiger partial charge in [0.15, 0.2) is 11.4 Å². The maximum Gasteiger partial charge on any atom is 0.360 e. The number of aliphatic hydroxyl groups excluding tert-OH is 4. The number of cyclic esters (lactones) is 2. The molecule has 2 aliphatic heterocycles. The zero-order valence-corrected chi connectivity index (χ0v) is 32.0. The lowest BCUT2D eigenvalue weighted by Gasteiger charge is -2.36. The van der Waals surface area contributed by atoms with E-state index in [2.05, 4.69) is 9.97 Å². The van der Waals surface area contributed by atoms with Crippen LogP contribution in [-0.2, 0) is 14.2 Å². The highest BCUT2D eigenvalue weighted by molar-refractivity contribution is 5.87. The molecule has 1 saturated heterocycles. The molecule has 0 aliphatic carbocycles. The molecule has 4 N–H and O–H groups in total. The third-order valence-electron chi connectivity index (χ3n) is 9.47. The van der Waals surface area contributed by atoms with Crippen LogP contribution in [0.15, 0.2) is 106 Å². The SMILES string of the molecule is CC=CC(O)C(C)(C)C1CC=CC(O)C(O)C=CC=Cc2nc(co2)C(=O)OC(C(C)(C)C(O)C=CC)CC=CC2OC2C=CC=Cc2nc(co2)C(=O)O1. The van der Waals surface area contributed by atoms with Gasteiger partial charge in [-0.05, 0) is 13.8 Å². The van der Waals surface area contributed by atoms with Crippen LogP contribution in [0, 0.1) is 10.8 Å². The Kier molecular flexibility index (Phi) is 15.3. The molecule has 2 aromatic rings. The first-order valence-corrected chi connectivity index (χ1v) is 18.2. The summed E-state index contributed by atoms with van der Waals surface area (Å²) < 4.78 is 28.3. The lowest BCUT2D eigenvalue weighted by Crippen LogP contribution is -2.42. The number of hydrogen-bond donors (Lipinski definition) is 4. The van der Waals surface area contributed by atoms with Gasteiger partial charge in [0.1, 0.15) is 49.2 Å². The lowest BCUT2D eigenvalue weighted by atomic mass is 9.79. The number of aromatic nitrogens is 2. The van der Waals surface area contributed by atoms with Crippen LogP contribution >= 0.6 is 0 Å². The minimum Gasteiger partial charge on any atom is -0.457 e. The summed E-state index contributed by atoms with van der Waals surface area (Å²) in [4.78, 5) is 34.8. The van der Waals surface area contributed by atoms with E-state index < -0.39 is 59.4 Å². The molecule has 55 heavy (non-hydrogen) atoms. The summed E-state index contributed by atoms with van der Waals surface area (Å²) in [6.07, 6.45) is 22.2. The Morgan fingerprint density at radius 3 is 1.60 bits per heavy atom. The van der Waals surface area contributed by atoms with Gasteiger partial charge in [0.2, 0.25) is 11.8 Å². The molecule has 8 unspecified atom stereocenters. The van der Waals surface area contributed by atoms with E-state index in [1.807, 2.05) is 18.2 Å². The monoisotopic (exact) mass is 760 g/mol. The molecule has 13 nitrogen and oxygen atoms in total. The van der Waals surface area contributed by atoms with Crippen LogP contribution in [0.5, 0.6) is 0 Å². The summed E-state index contributed by atoms with van der Waals surface area (Å²) >= 11 is 0. The number of carbonyl (C=O) groups excluding carboxylic acids is 2. The average Bonchev–Trinajstić information content (AvgIpc) is 3.46. The number of allylic oxidation sites excluding steroid dienone is 6. The minimum atomic E-state index is -1.32. The molecule has 296 valence electrons. The number of rotatable bonds is 6. The van der Waals surface area contributed by atoms with Crippen LogP contribution in [0.3, 0.4) is 0 Å². The van der Waals surface area contributed by atoms with Crippen LogP contribution in [0.25, 0.3) is 12.2 Å². The number of hydrogen-bond acceptors (Lipinski definition) is 13. The summed E-state index contributed by atoms with van der Waals surface area (Å²) in [5.41, 5.74) is -1.97. The smallest absolute Gasteiger partial charge is 0.360 e. The third-order valence-corrected chi connectivity index (χ3v) is 9.47. The molecule has 8 atom stereocenters. The van der Waals surface area contributed by atoms with E-state index in [1.165, 1.54) is 42.9 Å². The van der Waals surface area contributed by atoms with Crippen molar-refractivity contribution in [3.05, 3.63) is 121 Å². The van der Waals surface area contributed by atoms with Crippen molar-refractivity contribution in [3.63, 3.8) is 0 Å². The number of carbonyl (C=O) groups is 2. The average molecular weight is 761 g/mol. The van der Waals surface area contributed by atoms with Gasteiger partial charge in [0, 0.05) is 35.8 Å².